The summed E-state index contributed by atoms with van der Waals surface area (Å²) in [5.74, 6) is 0.985. The summed E-state index contributed by atoms with van der Waals surface area (Å²) in [6, 6.07) is 0. The number of piperidine rings is 1. The molecule has 0 bridgehead atoms. The number of aliphatic imine (C=N–C) groups is 1. The Morgan fingerprint density at radius 2 is 2.17 bits per heavy atom. The van der Waals surface area contributed by atoms with E-state index in [-0.39, 0.29) is 0 Å². The van der Waals surface area contributed by atoms with Crippen LogP contribution in [-0.2, 0) is 0 Å². The smallest absolute Gasteiger partial charge is 0.132 e. The molecule has 4 nitrogen and oxygen atoms in total. The molecule has 0 aromatic heterocycles. The summed E-state index contributed by atoms with van der Waals surface area (Å²) < 4.78 is 0. The minimum absolute atomic E-state index is 0.542. The number of nitrogens with one attached hydrogen (secondary N) is 1. The zero-order valence-corrected chi connectivity index (χ0v) is 10.5. The highest BCUT2D eigenvalue weighted by atomic mass is 16.3. The molecule has 96 valence electrons. The highest BCUT2D eigenvalue weighted by Gasteiger charge is 2.31. The van der Waals surface area contributed by atoms with Crippen molar-refractivity contribution in [3.05, 3.63) is 36.2 Å². The van der Waals surface area contributed by atoms with Gasteiger partial charge < -0.3 is 15.3 Å². The average Bonchev–Trinajstić information content (AvgIpc) is 2.39. The SMILES string of the molecule is OC1(CC2=CN=C3C=CC=CN3C2)CCNCC1. The van der Waals surface area contributed by atoms with Crippen LogP contribution in [0.2, 0.25) is 0 Å². The van der Waals surface area contributed by atoms with E-state index in [9.17, 15) is 5.11 Å². The first-order valence-corrected chi connectivity index (χ1v) is 6.56. The summed E-state index contributed by atoms with van der Waals surface area (Å²) >= 11 is 0. The number of rotatable bonds is 2. The van der Waals surface area contributed by atoms with E-state index in [0.29, 0.717) is 0 Å². The number of nitrogens with zero attached hydrogens (tertiary/aromatic N) is 2. The molecule has 18 heavy (non-hydrogen) atoms. The fourth-order valence-corrected chi connectivity index (χ4v) is 2.73. The highest BCUT2D eigenvalue weighted by molar-refractivity contribution is 5.96. The molecule has 0 atom stereocenters. The molecule has 1 saturated heterocycles. The van der Waals surface area contributed by atoms with Gasteiger partial charge in [0.2, 0.25) is 0 Å². The van der Waals surface area contributed by atoms with Crippen LogP contribution >= 0.6 is 0 Å². The van der Waals surface area contributed by atoms with Gasteiger partial charge >= 0.3 is 0 Å². The average molecular weight is 245 g/mol. The minimum Gasteiger partial charge on any atom is -0.389 e. The maximum atomic E-state index is 10.5. The van der Waals surface area contributed by atoms with Crippen molar-refractivity contribution in [3.63, 3.8) is 0 Å². The van der Waals surface area contributed by atoms with Gasteiger partial charge in [-0.1, -0.05) is 6.08 Å². The zero-order chi connectivity index (χ0) is 12.4. The topological polar surface area (TPSA) is 47.9 Å². The molecule has 0 saturated carbocycles. The van der Waals surface area contributed by atoms with Crippen LogP contribution in [0.3, 0.4) is 0 Å². The molecule has 3 heterocycles. The van der Waals surface area contributed by atoms with Crippen LogP contribution in [0.1, 0.15) is 19.3 Å². The molecule has 4 heteroatoms. The van der Waals surface area contributed by atoms with Gasteiger partial charge in [0.1, 0.15) is 5.84 Å². The first-order chi connectivity index (χ1) is 8.75. The lowest BCUT2D eigenvalue weighted by Gasteiger charge is -2.35. The van der Waals surface area contributed by atoms with E-state index < -0.39 is 5.60 Å². The molecule has 1 fully saturated rings. The second-order valence-electron chi connectivity index (χ2n) is 5.25. The summed E-state index contributed by atoms with van der Waals surface area (Å²) in [7, 11) is 0. The Kier molecular flexibility index (Phi) is 3.06. The van der Waals surface area contributed by atoms with Crippen LogP contribution in [0.25, 0.3) is 0 Å². The van der Waals surface area contributed by atoms with Gasteiger partial charge in [-0.05, 0) is 43.7 Å². The maximum absolute atomic E-state index is 10.5. The van der Waals surface area contributed by atoms with Crippen molar-refractivity contribution >= 4 is 5.84 Å². The lowest BCUT2D eigenvalue weighted by molar-refractivity contribution is 0.0100. The van der Waals surface area contributed by atoms with Crippen LogP contribution in [0.4, 0.5) is 0 Å². The predicted molar refractivity (Wildman–Crippen MR) is 72.2 cm³/mol. The van der Waals surface area contributed by atoms with Gasteiger partial charge in [0.05, 0.1) is 5.60 Å². The Balaban J connectivity index is 1.70. The Morgan fingerprint density at radius 3 is 3.00 bits per heavy atom. The number of aliphatic hydroxyl groups is 1. The molecule has 3 aliphatic heterocycles. The van der Waals surface area contributed by atoms with Gasteiger partial charge in [0.25, 0.3) is 0 Å². The molecule has 0 aliphatic carbocycles. The first kappa shape index (κ1) is 11.7. The Morgan fingerprint density at radius 1 is 1.33 bits per heavy atom. The summed E-state index contributed by atoms with van der Waals surface area (Å²) in [6.07, 6.45) is 12.4. The third-order valence-corrected chi connectivity index (χ3v) is 3.76. The van der Waals surface area contributed by atoms with E-state index >= 15 is 0 Å². The molecule has 3 aliphatic rings. The Bertz CT molecular complexity index is 442. The first-order valence-electron chi connectivity index (χ1n) is 6.56. The van der Waals surface area contributed by atoms with Gasteiger partial charge in [-0.3, -0.25) is 0 Å². The van der Waals surface area contributed by atoms with E-state index in [2.05, 4.69) is 15.2 Å². The van der Waals surface area contributed by atoms with Crippen LogP contribution in [0.5, 0.6) is 0 Å². The quantitative estimate of drug-likeness (QED) is 0.768. The monoisotopic (exact) mass is 245 g/mol. The van der Waals surface area contributed by atoms with E-state index in [1.807, 2.05) is 30.6 Å². The van der Waals surface area contributed by atoms with Gasteiger partial charge in [-0.25, -0.2) is 4.99 Å². The molecule has 0 radical (unpaired) electrons. The van der Waals surface area contributed by atoms with Crippen LogP contribution in [-0.4, -0.2) is 41.1 Å². The predicted octanol–water partition coefficient (Wildman–Crippen LogP) is 1.17. The fraction of sp³-hybridized carbons (Fsp3) is 0.500. The molecule has 0 unspecified atom stereocenters. The molecule has 0 amide bonds. The summed E-state index contributed by atoms with van der Waals surface area (Å²) in [4.78, 5) is 6.57. The Hall–Kier alpha value is -1.39. The van der Waals surface area contributed by atoms with Gasteiger partial charge in [-0.15, -0.1) is 0 Å². The molecule has 0 aromatic rings. The summed E-state index contributed by atoms with van der Waals surface area (Å²) in [6.45, 7) is 2.66. The molecule has 2 N–H and O–H groups in total. The van der Waals surface area contributed by atoms with E-state index in [1.54, 1.807) is 0 Å². The number of hydrogen-bond acceptors (Lipinski definition) is 4. The summed E-state index contributed by atoms with van der Waals surface area (Å²) in [5.41, 5.74) is 0.669. The molecule has 0 aromatic carbocycles. The van der Waals surface area contributed by atoms with Crippen molar-refractivity contribution in [3.8, 4) is 0 Å². The minimum atomic E-state index is -0.542. The highest BCUT2D eigenvalue weighted by Crippen LogP contribution is 2.28. The van der Waals surface area contributed by atoms with Crippen LogP contribution < -0.4 is 5.32 Å². The normalized spacial score (nSPS) is 25.5. The third-order valence-electron chi connectivity index (χ3n) is 3.76. The lowest BCUT2D eigenvalue weighted by Crippen LogP contribution is -2.43. The van der Waals surface area contributed by atoms with Gasteiger partial charge in [-0.2, -0.15) is 0 Å². The number of allylic oxidation sites excluding steroid dienone is 2. The summed E-state index contributed by atoms with van der Waals surface area (Å²) in [5, 5.41) is 13.8. The molecular formula is C14H19N3O. The van der Waals surface area contributed by atoms with Crippen molar-refractivity contribution in [2.75, 3.05) is 19.6 Å². The van der Waals surface area contributed by atoms with Gasteiger partial charge in [0, 0.05) is 25.4 Å². The van der Waals surface area contributed by atoms with Crippen molar-refractivity contribution in [2.45, 2.75) is 24.9 Å². The van der Waals surface area contributed by atoms with Crippen LogP contribution in [0, 0.1) is 0 Å². The largest absolute Gasteiger partial charge is 0.389 e. The number of fused-ring (bicyclic) bond motifs is 1. The van der Waals surface area contributed by atoms with Crippen molar-refractivity contribution in [1.29, 1.82) is 0 Å². The number of amidine groups is 1. The van der Waals surface area contributed by atoms with Crippen LogP contribution in [0.15, 0.2) is 41.2 Å². The van der Waals surface area contributed by atoms with Crippen molar-refractivity contribution < 1.29 is 5.11 Å². The standard InChI is InChI=1S/C14H19N3O/c18-14(4-6-15-7-5-14)9-12-10-16-13-3-1-2-8-17(13)11-12/h1-3,8,10,15,18H,4-7,9,11H2. The second kappa shape index (κ2) is 4.71. The molecule has 0 spiro atoms. The lowest BCUT2D eigenvalue weighted by atomic mass is 9.85. The molecule has 3 rings (SSSR count). The fourth-order valence-electron chi connectivity index (χ4n) is 2.73. The van der Waals surface area contributed by atoms with E-state index in [1.165, 1.54) is 5.57 Å². The van der Waals surface area contributed by atoms with Gasteiger partial charge in [0.15, 0.2) is 0 Å². The molecular weight excluding hydrogens is 226 g/mol. The van der Waals surface area contributed by atoms with Crippen molar-refractivity contribution in [1.82, 2.24) is 10.2 Å². The van der Waals surface area contributed by atoms with E-state index in [4.69, 9.17) is 0 Å². The zero-order valence-electron chi connectivity index (χ0n) is 10.5. The maximum Gasteiger partial charge on any atom is 0.132 e. The van der Waals surface area contributed by atoms with Crippen molar-refractivity contribution in [2.24, 2.45) is 4.99 Å². The Labute approximate surface area is 107 Å². The number of hydrogen-bond donors (Lipinski definition) is 2. The van der Waals surface area contributed by atoms with E-state index in [0.717, 1.165) is 44.7 Å². The third kappa shape index (κ3) is 2.40. The second-order valence-corrected chi connectivity index (χ2v) is 5.25.